The number of hydrogen-bond acceptors (Lipinski definition) is 8. The molecular formula is C68H62N4O4. The predicted molar refractivity (Wildman–Crippen MR) is 316 cm³/mol. The topological polar surface area (TPSA) is 49.9 Å². The molecule has 0 aliphatic heterocycles. The van der Waals surface area contributed by atoms with Gasteiger partial charge in [0, 0.05) is 68.2 Å². The number of aryl methyl sites for hydroxylation is 4. The summed E-state index contributed by atoms with van der Waals surface area (Å²) in [6.07, 6.45) is 0. The van der Waals surface area contributed by atoms with Crippen LogP contribution in [0.3, 0.4) is 0 Å². The molecule has 0 bridgehead atoms. The Bertz CT molecular complexity index is 3060. The van der Waals surface area contributed by atoms with Gasteiger partial charge in [-0.25, -0.2) is 0 Å². The zero-order chi connectivity index (χ0) is 52.7. The molecular weight excluding hydrogens is 937 g/mol. The summed E-state index contributed by atoms with van der Waals surface area (Å²) in [7, 11) is 6.81. The van der Waals surface area contributed by atoms with E-state index in [-0.39, 0.29) is 0 Å². The van der Waals surface area contributed by atoms with Crippen molar-refractivity contribution in [2.75, 3.05) is 48.0 Å². The van der Waals surface area contributed by atoms with E-state index in [1.165, 1.54) is 22.3 Å². The fourth-order valence-electron chi connectivity index (χ4n) is 9.53. The molecule has 0 heterocycles. The highest BCUT2D eigenvalue weighted by Crippen LogP contribution is 2.48. The van der Waals surface area contributed by atoms with E-state index in [4.69, 9.17) is 18.9 Å². The van der Waals surface area contributed by atoms with E-state index in [0.29, 0.717) is 0 Å². The summed E-state index contributed by atoms with van der Waals surface area (Å²) >= 11 is 0. The minimum atomic E-state index is 0.779. The molecule has 0 saturated carbocycles. The highest BCUT2D eigenvalue weighted by molar-refractivity contribution is 5.92. The Hall–Kier alpha value is -9.40. The van der Waals surface area contributed by atoms with E-state index < -0.39 is 0 Å². The molecule has 0 amide bonds. The molecule has 8 nitrogen and oxygen atoms in total. The van der Waals surface area contributed by atoms with E-state index >= 15 is 0 Å². The van der Waals surface area contributed by atoms with Crippen molar-refractivity contribution < 1.29 is 18.9 Å². The van der Waals surface area contributed by atoms with Gasteiger partial charge < -0.3 is 38.5 Å². The van der Waals surface area contributed by atoms with Crippen molar-refractivity contribution in [1.82, 2.24) is 0 Å². The SMILES string of the molecule is COc1ccc(N(c2ccc(C)cc2)c2cc(-c3cc(N(c4ccc(C)cc4)c4ccc(OC)cc4)cc(N(c4ccc(C)cc4)c4ccc(OC)cc4)c3)cc(N(c3ccc(C)cc3)c3ccc(OC)cc3)c2)cc1. The van der Waals surface area contributed by atoms with E-state index in [1.54, 1.807) is 28.4 Å². The van der Waals surface area contributed by atoms with E-state index in [9.17, 15) is 0 Å². The van der Waals surface area contributed by atoms with Crippen LogP contribution in [0.25, 0.3) is 11.1 Å². The van der Waals surface area contributed by atoms with Gasteiger partial charge in [-0.05, 0) is 221 Å². The second-order valence-corrected chi connectivity index (χ2v) is 19.0. The zero-order valence-electron chi connectivity index (χ0n) is 44.4. The van der Waals surface area contributed by atoms with Crippen molar-refractivity contribution in [2.24, 2.45) is 0 Å². The van der Waals surface area contributed by atoms with Gasteiger partial charge in [0.1, 0.15) is 23.0 Å². The molecule has 0 unspecified atom stereocenters. The third kappa shape index (κ3) is 10.9. The van der Waals surface area contributed by atoms with E-state index in [1.807, 2.05) is 48.5 Å². The first kappa shape index (κ1) is 50.1. The number of ether oxygens (including phenoxy) is 4. The number of benzene rings is 10. The summed E-state index contributed by atoms with van der Waals surface area (Å²) in [4.78, 5) is 9.29. The lowest BCUT2D eigenvalue weighted by Crippen LogP contribution is -2.15. The molecule has 0 fully saturated rings. The highest BCUT2D eigenvalue weighted by atomic mass is 16.5. The lowest BCUT2D eigenvalue weighted by atomic mass is 9.99. The molecule has 0 radical (unpaired) electrons. The van der Waals surface area contributed by atoms with Crippen LogP contribution in [0.1, 0.15) is 22.3 Å². The maximum Gasteiger partial charge on any atom is 0.119 e. The van der Waals surface area contributed by atoms with Crippen LogP contribution in [0.5, 0.6) is 23.0 Å². The molecule has 10 aromatic rings. The summed E-state index contributed by atoms with van der Waals surface area (Å²) in [5, 5.41) is 0. The maximum absolute atomic E-state index is 5.70. The molecule has 0 aromatic heterocycles. The third-order valence-corrected chi connectivity index (χ3v) is 13.7. The zero-order valence-corrected chi connectivity index (χ0v) is 44.4. The lowest BCUT2D eigenvalue weighted by molar-refractivity contribution is 0.414. The van der Waals surface area contributed by atoms with Crippen LogP contribution in [0.4, 0.5) is 68.2 Å². The van der Waals surface area contributed by atoms with Gasteiger partial charge in [-0.1, -0.05) is 70.8 Å². The minimum Gasteiger partial charge on any atom is -0.497 e. The van der Waals surface area contributed by atoms with Crippen molar-refractivity contribution >= 4 is 68.2 Å². The molecule has 0 atom stereocenters. The van der Waals surface area contributed by atoms with E-state index in [2.05, 4.69) is 229 Å². The van der Waals surface area contributed by atoms with Gasteiger partial charge in [0.15, 0.2) is 0 Å². The molecule has 8 heteroatoms. The summed E-state index contributed by atoms with van der Waals surface area (Å²) < 4.78 is 22.8. The van der Waals surface area contributed by atoms with Crippen LogP contribution in [0.2, 0.25) is 0 Å². The Morgan fingerprint density at radius 1 is 0.197 bits per heavy atom. The number of methoxy groups -OCH3 is 4. The predicted octanol–water partition coefficient (Wildman–Crippen LogP) is 18.5. The fourth-order valence-corrected chi connectivity index (χ4v) is 9.53. The Morgan fingerprint density at radius 3 is 0.513 bits per heavy atom. The number of nitrogens with zero attached hydrogens (tertiary/aromatic N) is 4. The van der Waals surface area contributed by atoms with Gasteiger partial charge in [0.2, 0.25) is 0 Å². The van der Waals surface area contributed by atoms with Crippen LogP contribution in [-0.4, -0.2) is 28.4 Å². The van der Waals surface area contributed by atoms with Gasteiger partial charge in [0.25, 0.3) is 0 Å². The van der Waals surface area contributed by atoms with Gasteiger partial charge in [0.05, 0.1) is 28.4 Å². The Balaban J connectivity index is 1.30. The quantitative estimate of drug-likeness (QED) is 0.0894. The van der Waals surface area contributed by atoms with Crippen molar-refractivity contribution in [2.45, 2.75) is 27.7 Å². The molecule has 378 valence electrons. The number of hydrogen-bond donors (Lipinski definition) is 0. The second-order valence-electron chi connectivity index (χ2n) is 19.0. The Morgan fingerprint density at radius 2 is 0.355 bits per heavy atom. The van der Waals surface area contributed by atoms with Crippen LogP contribution in [0.15, 0.2) is 231 Å². The molecule has 10 aromatic carbocycles. The van der Waals surface area contributed by atoms with Crippen LogP contribution < -0.4 is 38.5 Å². The van der Waals surface area contributed by atoms with Crippen molar-refractivity contribution in [3.05, 3.63) is 253 Å². The summed E-state index contributed by atoms with van der Waals surface area (Å²) in [5.41, 5.74) is 18.4. The number of rotatable bonds is 17. The maximum atomic E-state index is 5.70. The summed E-state index contributed by atoms with van der Waals surface area (Å²) in [5.74, 6) is 3.12. The van der Waals surface area contributed by atoms with Gasteiger partial charge in [-0.3, -0.25) is 0 Å². The van der Waals surface area contributed by atoms with Gasteiger partial charge in [-0.2, -0.15) is 0 Å². The first-order valence-electron chi connectivity index (χ1n) is 25.4. The fraction of sp³-hybridized carbons (Fsp3) is 0.118. The summed E-state index contributed by atoms with van der Waals surface area (Å²) in [6, 6.07) is 81.8. The monoisotopic (exact) mass is 998 g/mol. The second kappa shape index (κ2) is 22.4. The van der Waals surface area contributed by atoms with E-state index in [0.717, 1.165) is 102 Å². The van der Waals surface area contributed by atoms with Crippen molar-refractivity contribution in [1.29, 1.82) is 0 Å². The van der Waals surface area contributed by atoms with Gasteiger partial charge >= 0.3 is 0 Å². The molecule has 0 aliphatic rings. The third-order valence-electron chi connectivity index (χ3n) is 13.7. The number of anilines is 12. The minimum absolute atomic E-state index is 0.779. The normalized spacial score (nSPS) is 10.9. The van der Waals surface area contributed by atoms with Crippen LogP contribution in [-0.2, 0) is 0 Å². The smallest absolute Gasteiger partial charge is 0.119 e. The molecule has 10 rings (SSSR count). The van der Waals surface area contributed by atoms with Crippen molar-refractivity contribution in [3.8, 4) is 34.1 Å². The highest BCUT2D eigenvalue weighted by Gasteiger charge is 2.24. The molecule has 76 heavy (non-hydrogen) atoms. The Kier molecular flexibility index (Phi) is 14.8. The first-order chi connectivity index (χ1) is 37.1. The molecule has 0 saturated heterocycles. The average molecular weight is 999 g/mol. The molecule has 0 spiro atoms. The largest absolute Gasteiger partial charge is 0.497 e. The summed E-state index contributed by atoms with van der Waals surface area (Å²) in [6.45, 7) is 8.49. The van der Waals surface area contributed by atoms with Crippen molar-refractivity contribution in [3.63, 3.8) is 0 Å². The van der Waals surface area contributed by atoms with Crippen LogP contribution in [0, 0.1) is 27.7 Å². The van der Waals surface area contributed by atoms with Gasteiger partial charge in [-0.15, -0.1) is 0 Å². The van der Waals surface area contributed by atoms with Crippen LogP contribution >= 0.6 is 0 Å². The lowest BCUT2D eigenvalue weighted by Gasteiger charge is -2.32. The standard InChI is InChI=1S/C68H62N4O4/c1-47-9-17-53(18-10-47)69(57-25-33-65(73-5)34-26-57)61-41-51(42-62(45-61)70(54-19-11-48(2)12-20-54)58-27-35-66(74-6)36-28-58)52-43-63(71(55-21-13-49(3)14-22-55)59-29-37-67(75-7)38-30-59)46-64(44-52)72(56-23-15-50(4)16-24-56)60-31-39-68(76-8)40-32-60/h9-46H,1-8H3. The molecule has 0 aliphatic carbocycles. The first-order valence-corrected chi connectivity index (χ1v) is 25.4. The average Bonchev–Trinajstić information content (AvgIpc) is 3.46. The Labute approximate surface area is 447 Å². The molecule has 0 N–H and O–H groups in total.